The Labute approximate surface area is 128 Å². The first-order chi connectivity index (χ1) is 10.2. The fourth-order valence-electron chi connectivity index (χ4n) is 1.88. The molecule has 0 saturated carbocycles. The molecule has 1 heterocycles. The van der Waals surface area contributed by atoms with Crippen LogP contribution in [0.4, 0.5) is 0 Å². The van der Waals surface area contributed by atoms with Crippen molar-refractivity contribution in [3.05, 3.63) is 24.3 Å². The Morgan fingerprint density at radius 2 is 2.29 bits per heavy atom. The Balaban J connectivity index is 1.80. The SMILES string of the molecule is CCOCCCNC(=O)C(C)Sc1nc2ccccc2[nH]1. The van der Waals surface area contributed by atoms with Gasteiger partial charge in [0.1, 0.15) is 0 Å². The molecule has 1 atom stereocenters. The van der Waals surface area contributed by atoms with Crippen molar-refractivity contribution in [2.24, 2.45) is 0 Å². The zero-order valence-electron chi connectivity index (χ0n) is 12.4. The molecule has 5 nitrogen and oxygen atoms in total. The van der Waals surface area contributed by atoms with E-state index in [2.05, 4.69) is 15.3 Å². The van der Waals surface area contributed by atoms with Crippen molar-refractivity contribution >= 4 is 28.7 Å². The monoisotopic (exact) mass is 307 g/mol. The van der Waals surface area contributed by atoms with Gasteiger partial charge in [0.2, 0.25) is 5.91 Å². The number of hydrogen-bond acceptors (Lipinski definition) is 4. The lowest BCUT2D eigenvalue weighted by Crippen LogP contribution is -2.32. The molecule has 0 aliphatic carbocycles. The molecule has 0 saturated heterocycles. The molecule has 0 spiro atoms. The van der Waals surface area contributed by atoms with Crippen LogP contribution in [0.1, 0.15) is 20.3 Å². The Morgan fingerprint density at radius 1 is 1.48 bits per heavy atom. The highest BCUT2D eigenvalue weighted by atomic mass is 32.2. The van der Waals surface area contributed by atoms with Crippen molar-refractivity contribution in [1.29, 1.82) is 0 Å². The van der Waals surface area contributed by atoms with E-state index in [9.17, 15) is 4.79 Å². The molecule has 0 radical (unpaired) electrons. The highest BCUT2D eigenvalue weighted by Gasteiger charge is 2.15. The van der Waals surface area contributed by atoms with Gasteiger partial charge in [0.05, 0.1) is 16.3 Å². The van der Waals surface area contributed by atoms with Crippen LogP contribution in [0.2, 0.25) is 0 Å². The van der Waals surface area contributed by atoms with Gasteiger partial charge in [-0.05, 0) is 32.4 Å². The van der Waals surface area contributed by atoms with Crippen molar-refractivity contribution in [1.82, 2.24) is 15.3 Å². The number of thioether (sulfide) groups is 1. The lowest BCUT2D eigenvalue weighted by molar-refractivity contribution is -0.120. The largest absolute Gasteiger partial charge is 0.382 e. The summed E-state index contributed by atoms with van der Waals surface area (Å²) in [7, 11) is 0. The van der Waals surface area contributed by atoms with E-state index in [1.807, 2.05) is 38.1 Å². The maximum atomic E-state index is 12.0. The molecule has 2 rings (SSSR count). The van der Waals surface area contributed by atoms with Gasteiger partial charge in [0.15, 0.2) is 5.16 Å². The van der Waals surface area contributed by atoms with Crippen molar-refractivity contribution in [3.63, 3.8) is 0 Å². The van der Waals surface area contributed by atoms with Crippen LogP contribution in [-0.4, -0.2) is 40.9 Å². The number of carbonyl (C=O) groups excluding carboxylic acids is 1. The van der Waals surface area contributed by atoms with Crippen molar-refractivity contribution < 1.29 is 9.53 Å². The summed E-state index contributed by atoms with van der Waals surface area (Å²) in [5.74, 6) is 0.0250. The first kappa shape index (κ1) is 15.9. The quantitative estimate of drug-likeness (QED) is 0.581. The van der Waals surface area contributed by atoms with Crippen LogP contribution in [0.25, 0.3) is 11.0 Å². The molecule has 0 bridgehead atoms. The number of nitrogens with zero attached hydrogens (tertiary/aromatic N) is 1. The second-order valence-corrected chi connectivity index (χ2v) is 5.99. The number of amides is 1. The normalized spacial score (nSPS) is 12.5. The van der Waals surface area contributed by atoms with Crippen LogP contribution in [-0.2, 0) is 9.53 Å². The van der Waals surface area contributed by atoms with Gasteiger partial charge in [-0.25, -0.2) is 4.98 Å². The Hall–Kier alpha value is -1.53. The van der Waals surface area contributed by atoms with Gasteiger partial charge in [0.25, 0.3) is 0 Å². The Kier molecular flexibility index (Phi) is 6.07. The van der Waals surface area contributed by atoms with E-state index < -0.39 is 0 Å². The van der Waals surface area contributed by atoms with E-state index in [1.54, 1.807) is 0 Å². The highest BCUT2D eigenvalue weighted by Crippen LogP contribution is 2.23. The summed E-state index contributed by atoms with van der Waals surface area (Å²) >= 11 is 1.44. The summed E-state index contributed by atoms with van der Waals surface area (Å²) < 4.78 is 5.23. The minimum absolute atomic E-state index is 0.0250. The highest BCUT2D eigenvalue weighted by molar-refractivity contribution is 8.00. The van der Waals surface area contributed by atoms with Gasteiger partial charge in [-0.1, -0.05) is 23.9 Å². The maximum Gasteiger partial charge on any atom is 0.233 e. The minimum atomic E-state index is -0.183. The second kappa shape index (κ2) is 8.05. The van der Waals surface area contributed by atoms with Gasteiger partial charge in [-0.15, -0.1) is 0 Å². The fraction of sp³-hybridized carbons (Fsp3) is 0.467. The lowest BCUT2D eigenvalue weighted by atomic mass is 10.3. The van der Waals surface area contributed by atoms with E-state index in [-0.39, 0.29) is 11.2 Å². The average Bonchev–Trinajstić information content (AvgIpc) is 2.88. The van der Waals surface area contributed by atoms with Crippen LogP contribution in [0.15, 0.2) is 29.4 Å². The van der Waals surface area contributed by atoms with E-state index in [4.69, 9.17) is 4.74 Å². The maximum absolute atomic E-state index is 12.0. The first-order valence-electron chi connectivity index (χ1n) is 7.17. The minimum Gasteiger partial charge on any atom is -0.382 e. The van der Waals surface area contributed by atoms with Crippen LogP contribution >= 0.6 is 11.8 Å². The topological polar surface area (TPSA) is 67.0 Å². The van der Waals surface area contributed by atoms with Crippen LogP contribution in [0.5, 0.6) is 0 Å². The van der Waals surface area contributed by atoms with E-state index in [0.717, 1.165) is 22.6 Å². The van der Waals surface area contributed by atoms with Crippen LogP contribution < -0.4 is 5.32 Å². The van der Waals surface area contributed by atoms with Crippen molar-refractivity contribution in [2.45, 2.75) is 30.7 Å². The number of fused-ring (bicyclic) bond motifs is 1. The number of nitrogens with one attached hydrogen (secondary N) is 2. The van der Waals surface area contributed by atoms with Gasteiger partial charge in [-0.3, -0.25) is 4.79 Å². The van der Waals surface area contributed by atoms with Crippen LogP contribution in [0, 0.1) is 0 Å². The second-order valence-electron chi connectivity index (χ2n) is 4.66. The molecular formula is C15H21N3O2S. The number of aromatic nitrogens is 2. The number of aromatic amines is 1. The third-order valence-electron chi connectivity index (χ3n) is 2.99. The number of para-hydroxylation sites is 2. The number of benzene rings is 1. The standard InChI is InChI=1S/C15H21N3O2S/c1-3-20-10-6-9-16-14(19)11(2)21-15-17-12-7-4-5-8-13(12)18-15/h4-5,7-8,11H,3,6,9-10H2,1-2H3,(H,16,19)(H,17,18). The first-order valence-corrected chi connectivity index (χ1v) is 8.05. The molecule has 1 aromatic heterocycles. The number of ether oxygens (including phenoxy) is 1. The molecule has 0 aliphatic rings. The van der Waals surface area contributed by atoms with Gasteiger partial charge < -0.3 is 15.0 Å². The van der Waals surface area contributed by atoms with E-state index in [1.165, 1.54) is 11.8 Å². The number of H-pyrrole nitrogens is 1. The zero-order valence-corrected chi connectivity index (χ0v) is 13.2. The predicted octanol–water partition coefficient (Wildman–Crippen LogP) is 2.59. The number of carbonyl (C=O) groups is 1. The molecule has 0 aliphatic heterocycles. The molecule has 2 aromatic rings. The Morgan fingerprint density at radius 3 is 3.05 bits per heavy atom. The van der Waals surface area contributed by atoms with Gasteiger partial charge in [0, 0.05) is 19.8 Å². The fourth-order valence-corrected chi connectivity index (χ4v) is 2.73. The summed E-state index contributed by atoms with van der Waals surface area (Å²) in [6.45, 7) is 5.89. The molecule has 1 unspecified atom stereocenters. The number of hydrogen-bond donors (Lipinski definition) is 2. The molecule has 1 amide bonds. The molecule has 2 N–H and O–H groups in total. The summed E-state index contributed by atoms with van der Waals surface area (Å²) in [5.41, 5.74) is 1.91. The summed E-state index contributed by atoms with van der Waals surface area (Å²) in [6, 6.07) is 7.84. The third-order valence-corrected chi connectivity index (χ3v) is 3.98. The molecule has 114 valence electrons. The van der Waals surface area contributed by atoms with Gasteiger partial charge >= 0.3 is 0 Å². The molecular weight excluding hydrogens is 286 g/mol. The van der Waals surface area contributed by atoms with Crippen molar-refractivity contribution in [2.75, 3.05) is 19.8 Å². The predicted molar refractivity (Wildman–Crippen MR) is 85.5 cm³/mol. The number of rotatable bonds is 8. The van der Waals surface area contributed by atoms with Gasteiger partial charge in [-0.2, -0.15) is 0 Å². The Bertz CT molecular complexity index is 552. The number of imidazole rings is 1. The van der Waals surface area contributed by atoms with Crippen LogP contribution in [0.3, 0.4) is 0 Å². The molecule has 6 heteroatoms. The lowest BCUT2D eigenvalue weighted by Gasteiger charge is -2.10. The van der Waals surface area contributed by atoms with E-state index in [0.29, 0.717) is 19.8 Å². The van der Waals surface area contributed by atoms with E-state index >= 15 is 0 Å². The summed E-state index contributed by atoms with van der Waals surface area (Å²) in [5, 5.41) is 3.50. The molecule has 1 aromatic carbocycles. The summed E-state index contributed by atoms with van der Waals surface area (Å²) in [6.07, 6.45) is 0.835. The molecule has 0 fully saturated rings. The molecule has 21 heavy (non-hydrogen) atoms. The van der Waals surface area contributed by atoms with Crippen molar-refractivity contribution in [3.8, 4) is 0 Å². The smallest absolute Gasteiger partial charge is 0.233 e. The third kappa shape index (κ3) is 4.75. The zero-order chi connectivity index (χ0) is 15.1. The summed E-state index contributed by atoms with van der Waals surface area (Å²) in [4.78, 5) is 19.7. The average molecular weight is 307 g/mol.